The summed E-state index contributed by atoms with van der Waals surface area (Å²) in [5.74, 6) is 0. The topological polar surface area (TPSA) is 37.1 Å². The number of nitrogens with zero attached hydrogens (tertiary/aromatic N) is 3. The van der Waals surface area contributed by atoms with E-state index in [-0.39, 0.29) is 0 Å². The minimum atomic E-state index is 1.16. The summed E-state index contributed by atoms with van der Waals surface area (Å²) in [5, 5.41) is 8.42. The number of rotatable bonds is 3. The first-order valence-electron chi connectivity index (χ1n) is 2.06. The van der Waals surface area contributed by atoms with Gasteiger partial charge < -0.3 is 0 Å². The molecule has 0 aliphatic carbocycles. The minimum absolute atomic E-state index is 1.16. The Bertz CT molecular complexity index is 108. The van der Waals surface area contributed by atoms with Crippen LogP contribution in [0, 0.1) is 0 Å². The molecule has 0 spiro atoms. The molecule has 0 saturated carbocycles. The first-order chi connectivity index (χ1) is 3.91. The Morgan fingerprint density at radius 3 is 2.88 bits per heavy atom. The quantitative estimate of drug-likeness (QED) is 0.249. The van der Waals surface area contributed by atoms with E-state index in [0.29, 0.717) is 0 Å². The molecule has 0 rings (SSSR count). The van der Waals surface area contributed by atoms with Crippen LogP contribution in [-0.2, 0) is 0 Å². The van der Waals surface area contributed by atoms with Gasteiger partial charge >= 0.3 is 0 Å². The Balaban J connectivity index is 3.19. The molecule has 0 amide bonds. The van der Waals surface area contributed by atoms with Crippen LogP contribution in [-0.4, -0.2) is 6.21 Å². The average Bonchev–Trinajstić information content (AvgIpc) is 1.81. The molecule has 0 aromatic carbocycles. The molecule has 0 radical (unpaired) electrons. The van der Waals surface area contributed by atoms with Crippen molar-refractivity contribution in [1.29, 1.82) is 0 Å². The third-order valence-corrected chi connectivity index (χ3v) is 0.642. The molecule has 8 heavy (non-hydrogen) atoms. The van der Waals surface area contributed by atoms with Crippen molar-refractivity contribution in [3.05, 3.63) is 12.0 Å². The third kappa shape index (κ3) is 5.36. The highest BCUT2D eigenvalue weighted by Gasteiger charge is 1.64. The van der Waals surface area contributed by atoms with E-state index >= 15 is 0 Å². The maximum atomic E-state index is 3.51. The lowest BCUT2D eigenvalue weighted by Gasteiger charge is -1.71. The molecule has 0 saturated heterocycles. The molecule has 0 atom stereocenters. The Kier molecular flexibility index (Phi) is 5.85. The van der Waals surface area contributed by atoms with Gasteiger partial charge in [0.05, 0.1) is 0 Å². The van der Waals surface area contributed by atoms with E-state index in [1.807, 2.05) is 0 Å². The fourth-order valence-corrected chi connectivity index (χ4v) is 0.278. The predicted molar refractivity (Wildman–Crippen MR) is 36.8 cm³/mol. The zero-order chi connectivity index (χ0) is 6.24. The second-order valence-electron chi connectivity index (χ2n) is 0.817. The summed E-state index contributed by atoms with van der Waals surface area (Å²) in [7, 11) is 0. The van der Waals surface area contributed by atoms with Gasteiger partial charge in [0.15, 0.2) is 0 Å². The van der Waals surface area contributed by atoms with E-state index in [1.54, 1.807) is 18.5 Å². The monoisotopic (exact) mass is 129 g/mol. The standard InChI is InChI=1S/C4H7N3S/c1-3-5-6-7-8-4-2/h3-4H,2H2,1H3/b5-3+,7-6?. The van der Waals surface area contributed by atoms with Crippen LogP contribution in [0.1, 0.15) is 6.92 Å². The Hall–Kier alpha value is -0.640. The molecule has 0 aliphatic heterocycles. The fraction of sp³-hybridized carbons (Fsp3) is 0.250. The molecule has 0 aromatic heterocycles. The van der Waals surface area contributed by atoms with Gasteiger partial charge in [-0.05, 0) is 17.6 Å². The van der Waals surface area contributed by atoms with Crippen LogP contribution in [0.4, 0.5) is 0 Å². The summed E-state index contributed by atoms with van der Waals surface area (Å²) in [6.07, 6.45) is 1.56. The average molecular weight is 129 g/mol. The highest BCUT2D eigenvalue weighted by molar-refractivity contribution is 8.00. The zero-order valence-electron chi connectivity index (χ0n) is 4.61. The molecule has 0 fully saturated rings. The van der Waals surface area contributed by atoms with Crippen molar-refractivity contribution in [2.24, 2.45) is 14.8 Å². The predicted octanol–water partition coefficient (Wildman–Crippen LogP) is 2.24. The summed E-state index contributed by atoms with van der Waals surface area (Å²) in [4.78, 5) is 0. The normalized spacial score (nSPS) is 11.1. The van der Waals surface area contributed by atoms with E-state index in [0.717, 1.165) is 11.9 Å². The minimum Gasteiger partial charge on any atom is -0.143 e. The molecule has 0 unspecified atom stereocenters. The molecule has 0 aliphatic rings. The third-order valence-electron chi connectivity index (χ3n) is 0.325. The Labute approximate surface area is 52.7 Å². The van der Waals surface area contributed by atoms with Crippen LogP contribution in [0.25, 0.3) is 0 Å². The lowest BCUT2D eigenvalue weighted by Crippen LogP contribution is -1.50. The van der Waals surface area contributed by atoms with Crippen LogP contribution in [0.5, 0.6) is 0 Å². The summed E-state index contributed by atoms with van der Waals surface area (Å²) < 4.78 is 3.51. The molecule has 3 nitrogen and oxygen atoms in total. The maximum absolute atomic E-state index is 3.51. The number of hydrogen-bond acceptors (Lipinski definition) is 3. The van der Waals surface area contributed by atoms with Gasteiger partial charge in [-0.1, -0.05) is 11.1 Å². The molecule has 0 aromatic rings. The molecular weight excluding hydrogens is 122 g/mol. The molecule has 0 heterocycles. The largest absolute Gasteiger partial charge is 0.143 e. The van der Waals surface area contributed by atoms with E-state index in [2.05, 4.69) is 21.4 Å². The van der Waals surface area contributed by atoms with Crippen molar-refractivity contribution >= 4 is 18.2 Å². The van der Waals surface area contributed by atoms with Gasteiger partial charge in [0, 0.05) is 18.2 Å². The summed E-state index contributed by atoms with van der Waals surface area (Å²) >= 11 is 1.16. The zero-order valence-corrected chi connectivity index (χ0v) is 5.43. The van der Waals surface area contributed by atoms with E-state index in [1.165, 1.54) is 0 Å². The highest BCUT2D eigenvalue weighted by Crippen LogP contribution is 2.00. The van der Waals surface area contributed by atoms with Crippen molar-refractivity contribution in [2.75, 3.05) is 0 Å². The molecule has 0 bridgehead atoms. The summed E-state index contributed by atoms with van der Waals surface area (Å²) in [5.41, 5.74) is 0. The summed E-state index contributed by atoms with van der Waals surface area (Å²) in [6.45, 7) is 5.19. The molecule has 4 heteroatoms. The molecule has 44 valence electrons. The van der Waals surface area contributed by atoms with E-state index < -0.39 is 0 Å². The molecular formula is C4H7N3S. The number of hydrogen-bond donors (Lipinski definition) is 0. The second kappa shape index (κ2) is 6.36. The van der Waals surface area contributed by atoms with Crippen molar-refractivity contribution in [2.45, 2.75) is 6.92 Å². The first kappa shape index (κ1) is 7.36. The van der Waals surface area contributed by atoms with Crippen LogP contribution >= 0.6 is 11.9 Å². The van der Waals surface area contributed by atoms with E-state index in [4.69, 9.17) is 0 Å². The van der Waals surface area contributed by atoms with Gasteiger partial charge in [-0.25, -0.2) is 0 Å². The van der Waals surface area contributed by atoms with Crippen molar-refractivity contribution in [1.82, 2.24) is 0 Å². The van der Waals surface area contributed by atoms with Gasteiger partial charge in [0.25, 0.3) is 0 Å². The Morgan fingerprint density at radius 1 is 1.62 bits per heavy atom. The van der Waals surface area contributed by atoms with Crippen molar-refractivity contribution in [3.8, 4) is 0 Å². The van der Waals surface area contributed by atoms with Crippen LogP contribution in [0.2, 0.25) is 0 Å². The van der Waals surface area contributed by atoms with Gasteiger partial charge in [0.1, 0.15) is 0 Å². The highest BCUT2D eigenvalue weighted by atomic mass is 32.2. The lowest BCUT2D eigenvalue weighted by molar-refractivity contribution is 1.12. The lowest BCUT2D eigenvalue weighted by atomic mass is 10.9. The molecule has 0 N–H and O–H groups in total. The van der Waals surface area contributed by atoms with Gasteiger partial charge in [0.2, 0.25) is 0 Å². The van der Waals surface area contributed by atoms with Crippen molar-refractivity contribution in [3.63, 3.8) is 0 Å². The van der Waals surface area contributed by atoms with Crippen molar-refractivity contribution < 1.29 is 0 Å². The maximum Gasteiger partial charge on any atom is 0.0274 e. The first-order valence-corrected chi connectivity index (χ1v) is 2.90. The fourth-order valence-electron chi connectivity index (χ4n) is 0.127. The Morgan fingerprint density at radius 2 is 2.38 bits per heavy atom. The van der Waals surface area contributed by atoms with Gasteiger partial charge in [-0.3, -0.25) is 0 Å². The van der Waals surface area contributed by atoms with Gasteiger partial charge in [-0.15, -0.1) is 5.10 Å². The van der Waals surface area contributed by atoms with Crippen LogP contribution < -0.4 is 0 Å². The van der Waals surface area contributed by atoms with E-state index in [9.17, 15) is 0 Å². The van der Waals surface area contributed by atoms with Gasteiger partial charge in [-0.2, -0.15) is 0 Å². The second-order valence-corrected chi connectivity index (χ2v) is 1.52. The van der Waals surface area contributed by atoms with Crippen LogP contribution in [0.3, 0.4) is 0 Å². The van der Waals surface area contributed by atoms with Crippen LogP contribution in [0.15, 0.2) is 26.8 Å². The summed E-state index contributed by atoms with van der Waals surface area (Å²) in [6, 6.07) is 0. The SMILES string of the molecule is C=CSN=N/N=C/C. The smallest absolute Gasteiger partial charge is 0.0274 e.